The second kappa shape index (κ2) is 5.46. The monoisotopic (exact) mass is 292 g/mol. The molecule has 0 spiro atoms. The van der Waals surface area contributed by atoms with Crippen molar-refractivity contribution in [2.75, 3.05) is 16.3 Å². The first-order chi connectivity index (χ1) is 9.32. The number of anilines is 3. The highest BCUT2D eigenvalue weighted by atomic mass is 32.2. The van der Waals surface area contributed by atoms with Gasteiger partial charge >= 0.3 is 0 Å². The molecule has 7 heteroatoms. The normalized spacial score (nSPS) is 11.2. The molecule has 20 heavy (non-hydrogen) atoms. The molecule has 0 amide bonds. The van der Waals surface area contributed by atoms with Crippen LogP contribution in [0.4, 0.5) is 17.3 Å². The van der Waals surface area contributed by atoms with E-state index in [-0.39, 0.29) is 0 Å². The molecule has 0 radical (unpaired) electrons. The Morgan fingerprint density at radius 2 is 1.45 bits per heavy atom. The molecule has 0 unspecified atom stereocenters. The van der Waals surface area contributed by atoms with Crippen LogP contribution in [0.15, 0.2) is 30.3 Å². The third-order valence-electron chi connectivity index (χ3n) is 2.43. The Hall–Kier alpha value is -2.15. The fourth-order valence-electron chi connectivity index (χ4n) is 1.75. The van der Waals surface area contributed by atoms with E-state index in [0.29, 0.717) is 11.6 Å². The minimum Gasteiger partial charge on any atom is -0.324 e. The van der Waals surface area contributed by atoms with Crippen LogP contribution in [0.25, 0.3) is 0 Å². The van der Waals surface area contributed by atoms with Gasteiger partial charge in [-0.15, -0.1) is 0 Å². The topological polar surface area (TPSA) is 84.0 Å². The lowest BCUT2D eigenvalue weighted by Crippen LogP contribution is -2.09. The zero-order chi connectivity index (χ0) is 14.8. The van der Waals surface area contributed by atoms with Gasteiger partial charge in [-0.3, -0.25) is 4.72 Å². The highest BCUT2D eigenvalue weighted by Gasteiger charge is 2.03. The molecule has 2 aromatic rings. The van der Waals surface area contributed by atoms with Gasteiger partial charge in [0.25, 0.3) is 0 Å². The summed E-state index contributed by atoms with van der Waals surface area (Å²) in [5.41, 5.74) is 3.07. The number of aromatic nitrogens is 2. The predicted octanol–water partition coefficient (Wildman–Crippen LogP) is 2.21. The van der Waals surface area contributed by atoms with E-state index in [2.05, 4.69) is 20.0 Å². The third kappa shape index (κ3) is 4.20. The predicted molar refractivity (Wildman–Crippen MR) is 79.7 cm³/mol. The molecule has 2 N–H and O–H groups in total. The van der Waals surface area contributed by atoms with Crippen molar-refractivity contribution in [1.82, 2.24) is 9.97 Å². The van der Waals surface area contributed by atoms with Crippen molar-refractivity contribution in [2.45, 2.75) is 13.8 Å². The van der Waals surface area contributed by atoms with Crippen molar-refractivity contribution in [3.05, 3.63) is 41.7 Å². The van der Waals surface area contributed by atoms with Gasteiger partial charge in [0.1, 0.15) is 0 Å². The molecule has 2 rings (SSSR count). The third-order valence-corrected chi connectivity index (χ3v) is 3.03. The second-order valence-electron chi connectivity index (χ2n) is 4.55. The smallest absolute Gasteiger partial charge is 0.229 e. The van der Waals surface area contributed by atoms with Gasteiger partial charge in [0.2, 0.25) is 16.0 Å². The van der Waals surface area contributed by atoms with Crippen LogP contribution in [0, 0.1) is 13.8 Å². The molecule has 0 fully saturated rings. The summed E-state index contributed by atoms with van der Waals surface area (Å²) in [6.07, 6.45) is 1.11. The summed E-state index contributed by atoms with van der Waals surface area (Å²) >= 11 is 0. The number of sulfonamides is 1. The Morgan fingerprint density at radius 3 is 1.95 bits per heavy atom. The second-order valence-corrected chi connectivity index (χ2v) is 6.30. The zero-order valence-corrected chi connectivity index (χ0v) is 12.3. The maximum atomic E-state index is 11.1. The van der Waals surface area contributed by atoms with Crippen LogP contribution in [-0.4, -0.2) is 24.6 Å². The van der Waals surface area contributed by atoms with Crippen molar-refractivity contribution < 1.29 is 8.42 Å². The van der Waals surface area contributed by atoms with Crippen LogP contribution in [0.5, 0.6) is 0 Å². The molecular weight excluding hydrogens is 276 g/mol. The molecule has 0 saturated carbocycles. The Kier molecular flexibility index (Phi) is 3.89. The van der Waals surface area contributed by atoms with Crippen LogP contribution in [0.3, 0.4) is 0 Å². The van der Waals surface area contributed by atoms with Crippen LogP contribution < -0.4 is 10.0 Å². The lowest BCUT2D eigenvalue weighted by Gasteiger charge is -2.08. The van der Waals surface area contributed by atoms with Gasteiger partial charge in [-0.1, -0.05) is 0 Å². The summed E-state index contributed by atoms with van der Waals surface area (Å²) in [6.45, 7) is 3.80. The first-order valence-corrected chi connectivity index (χ1v) is 7.88. The Bertz CT molecular complexity index is 691. The van der Waals surface area contributed by atoms with Crippen molar-refractivity contribution in [2.24, 2.45) is 0 Å². The largest absolute Gasteiger partial charge is 0.324 e. The summed E-state index contributed by atoms with van der Waals surface area (Å²) in [4.78, 5) is 8.55. The summed E-state index contributed by atoms with van der Waals surface area (Å²) in [7, 11) is -3.26. The first kappa shape index (κ1) is 14.3. The number of nitrogens with zero attached hydrogens (tertiary/aromatic N) is 2. The summed E-state index contributed by atoms with van der Waals surface area (Å²) in [5, 5.41) is 3.08. The number of benzene rings is 1. The average molecular weight is 292 g/mol. The standard InChI is InChI=1S/C13H16N4O2S/c1-9-8-10(2)15-13(14-9)16-11-4-6-12(7-5-11)17-20(3,18)19/h4-8,17H,1-3H3,(H,14,15,16). The minimum absolute atomic E-state index is 0.513. The lowest BCUT2D eigenvalue weighted by atomic mass is 10.3. The van der Waals surface area contributed by atoms with Gasteiger partial charge in [-0.25, -0.2) is 18.4 Å². The maximum absolute atomic E-state index is 11.1. The van der Waals surface area contributed by atoms with E-state index in [0.717, 1.165) is 23.3 Å². The highest BCUT2D eigenvalue weighted by Crippen LogP contribution is 2.17. The Balaban J connectivity index is 2.14. The minimum atomic E-state index is -3.26. The highest BCUT2D eigenvalue weighted by molar-refractivity contribution is 7.92. The van der Waals surface area contributed by atoms with Gasteiger partial charge in [-0.2, -0.15) is 0 Å². The van der Waals surface area contributed by atoms with Crippen LogP contribution in [-0.2, 0) is 10.0 Å². The zero-order valence-electron chi connectivity index (χ0n) is 11.5. The number of hydrogen-bond acceptors (Lipinski definition) is 5. The Morgan fingerprint density at radius 1 is 0.950 bits per heavy atom. The molecule has 1 aromatic carbocycles. The van der Waals surface area contributed by atoms with Crippen molar-refractivity contribution >= 4 is 27.3 Å². The summed E-state index contributed by atoms with van der Waals surface area (Å²) < 4.78 is 24.6. The SMILES string of the molecule is Cc1cc(C)nc(Nc2ccc(NS(C)(=O)=O)cc2)n1. The van der Waals surface area contributed by atoms with E-state index in [1.54, 1.807) is 24.3 Å². The van der Waals surface area contributed by atoms with Crippen LogP contribution in [0.2, 0.25) is 0 Å². The lowest BCUT2D eigenvalue weighted by molar-refractivity contribution is 0.607. The van der Waals surface area contributed by atoms with Gasteiger partial charge in [0, 0.05) is 22.8 Å². The fourth-order valence-corrected chi connectivity index (χ4v) is 2.31. The molecular formula is C13H16N4O2S. The van der Waals surface area contributed by atoms with Crippen molar-refractivity contribution in [3.8, 4) is 0 Å². The molecule has 0 aliphatic carbocycles. The van der Waals surface area contributed by atoms with E-state index in [4.69, 9.17) is 0 Å². The number of aryl methyl sites for hydroxylation is 2. The van der Waals surface area contributed by atoms with Crippen LogP contribution >= 0.6 is 0 Å². The number of rotatable bonds is 4. The van der Waals surface area contributed by atoms with E-state index in [1.165, 1.54) is 0 Å². The number of hydrogen-bond donors (Lipinski definition) is 2. The molecule has 0 aliphatic heterocycles. The molecule has 106 valence electrons. The summed E-state index contributed by atoms with van der Waals surface area (Å²) in [6, 6.07) is 8.76. The maximum Gasteiger partial charge on any atom is 0.229 e. The molecule has 0 atom stereocenters. The molecule has 0 saturated heterocycles. The number of nitrogens with one attached hydrogen (secondary N) is 2. The van der Waals surface area contributed by atoms with Crippen molar-refractivity contribution in [3.63, 3.8) is 0 Å². The Labute approximate surface area is 118 Å². The van der Waals surface area contributed by atoms with E-state index in [1.807, 2.05) is 19.9 Å². The molecule has 6 nitrogen and oxygen atoms in total. The molecule has 1 heterocycles. The first-order valence-electron chi connectivity index (χ1n) is 5.99. The van der Waals surface area contributed by atoms with E-state index < -0.39 is 10.0 Å². The van der Waals surface area contributed by atoms with Gasteiger partial charge < -0.3 is 5.32 Å². The summed E-state index contributed by atoms with van der Waals surface area (Å²) in [5.74, 6) is 0.520. The van der Waals surface area contributed by atoms with Gasteiger partial charge in [0.05, 0.1) is 6.26 Å². The van der Waals surface area contributed by atoms with E-state index in [9.17, 15) is 8.42 Å². The van der Waals surface area contributed by atoms with Gasteiger partial charge in [-0.05, 0) is 44.2 Å². The van der Waals surface area contributed by atoms with Crippen LogP contribution in [0.1, 0.15) is 11.4 Å². The fraction of sp³-hybridized carbons (Fsp3) is 0.231. The average Bonchev–Trinajstić information content (AvgIpc) is 2.28. The quantitative estimate of drug-likeness (QED) is 0.902. The van der Waals surface area contributed by atoms with Gasteiger partial charge in [0.15, 0.2) is 0 Å². The molecule has 1 aromatic heterocycles. The molecule has 0 bridgehead atoms. The van der Waals surface area contributed by atoms with Crippen molar-refractivity contribution in [1.29, 1.82) is 0 Å². The molecule has 0 aliphatic rings. The van der Waals surface area contributed by atoms with E-state index >= 15 is 0 Å².